The SMILES string of the molecule is Nc1cccc2nc(CC3CCCOC3)cn12. The molecule has 90 valence electrons. The molecule has 3 rings (SSSR count). The fraction of sp³-hybridized carbons (Fsp3) is 0.462. The van der Waals surface area contributed by atoms with E-state index in [1.54, 1.807) is 0 Å². The molecular formula is C13H17N3O. The molecule has 17 heavy (non-hydrogen) atoms. The lowest BCUT2D eigenvalue weighted by molar-refractivity contribution is 0.0547. The van der Waals surface area contributed by atoms with Crippen LogP contribution in [0.3, 0.4) is 0 Å². The Kier molecular flexibility index (Phi) is 2.73. The van der Waals surface area contributed by atoms with Crippen molar-refractivity contribution >= 4 is 11.5 Å². The molecule has 0 saturated carbocycles. The van der Waals surface area contributed by atoms with E-state index in [0.29, 0.717) is 5.92 Å². The van der Waals surface area contributed by atoms with Crippen molar-refractivity contribution in [2.45, 2.75) is 19.3 Å². The van der Waals surface area contributed by atoms with Gasteiger partial charge in [-0.1, -0.05) is 6.07 Å². The molecule has 1 aliphatic rings. The molecule has 0 spiro atoms. The van der Waals surface area contributed by atoms with E-state index in [9.17, 15) is 0 Å². The smallest absolute Gasteiger partial charge is 0.138 e. The summed E-state index contributed by atoms with van der Waals surface area (Å²) in [5.41, 5.74) is 7.94. The molecule has 2 aromatic rings. The monoisotopic (exact) mass is 231 g/mol. The summed E-state index contributed by atoms with van der Waals surface area (Å²) in [6.07, 6.45) is 5.43. The highest BCUT2D eigenvalue weighted by Crippen LogP contribution is 2.19. The predicted octanol–water partition coefficient (Wildman–Crippen LogP) is 1.89. The first-order chi connectivity index (χ1) is 8.33. The lowest BCUT2D eigenvalue weighted by Crippen LogP contribution is -2.19. The molecule has 4 heteroatoms. The molecule has 0 aliphatic carbocycles. The molecule has 0 bridgehead atoms. The highest BCUT2D eigenvalue weighted by molar-refractivity contribution is 5.48. The van der Waals surface area contributed by atoms with Gasteiger partial charge in [-0.3, -0.25) is 4.40 Å². The summed E-state index contributed by atoms with van der Waals surface area (Å²) in [5, 5.41) is 0. The van der Waals surface area contributed by atoms with Crippen molar-refractivity contribution in [3.8, 4) is 0 Å². The van der Waals surface area contributed by atoms with E-state index in [-0.39, 0.29) is 0 Å². The zero-order valence-corrected chi connectivity index (χ0v) is 9.80. The Morgan fingerprint density at radius 1 is 1.47 bits per heavy atom. The molecule has 1 fully saturated rings. The van der Waals surface area contributed by atoms with E-state index in [4.69, 9.17) is 10.5 Å². The van der Waals surface area contributed by atoms with Crippen LogP contribution in [-0.4, -0.2) is 22.6 Å². The lowest BCUT2D eigenvalue weighted by Gasteiger charge is -2.20. The summed E-state index contributed by atoms with van der Waals surface area (Å²) in [6, 6.07) is 5.81. The summed E-state index contributed by atoms with van der Waals surface area (Å²) in [4.78, 5) is 4.60. The highest BCUT2D eigenvalue weighted by atomic mass is 16.5. The number of aromatic nitrogens is 2. The molecule has 4 nitrogen and oxygen atoms in total. The molecule has 0 amide bonds. The lowest BCUT2D eigenvalue weighted by atomic mass is 9.97. The van der Waals surface area contributed by atoms with Crippen LogP contribution in [0.4, 0.5) is 5.82 Å². The minimum absolute atomic E-state index is 0.606. The van der Waals surface area contributed by atoms with E-state index >= 15 is 0 Å². The third kappa shape index (κ3) is 2.13. The Morgan fingerprint density at radius 3 is 3.18 bits per heavy atom. The standard InChI is InChI=1S/C13H17N3O/c14-12-4-1-5-13-15-11(8-16(12)13)7-10-3-2-6-17-9-10/h1,4-5,8,10H,2-3,6-7,9,14H2. The Balaban J connectivity index is 1.83. The van der Waals surface area contributed by atoms with Crippen LogP contribution < -0.4 is 5.73 Å². The van der Waals surface area contributed by atoms with Gasteiger partial charge in [0.25, 0.3) is 0 Å². The summed E-state index contributed by atoms with van der Waals surface area (Å²) in [6.45, 7) is 1.78. The van der Waals surface area contributed by atoms with Crippen LogP contribution in [-0.2, 0) is 11.2 Å². The molecule has 1 aliphatic heterocycles. The number of nitrogens with zero attached hydrogens (tertiary/aromatic N) is 2. The number of ether oxygens (including phenoxy) is 1. The summed E-state index contributed by atoms with van der Waals surface area (Å²) in [5.74, 6) is 1.34. The largest absolute Gasteiger partial charge is 0.385 e. The number of hydrogen-bond acceptors (Lipinski definition) is 3. The van der Waals surface area contributed by atoms with E-state index in [1.807, 2.05) is 28.8 Å². The molecule has 2 aromatic heterocycles. The molecule has 1 unspecified atom stereocenters. The number of nitrogens with two attached hydrogens (primary N) is 1. The fourth-order valence-corrected chi connectivity index (χ4v) is 2.44. The van der Waals surface area contributed by atoms with Crippen LogP contribution in [0.1, 0.15) is 18.5 Å². The van der Waals surface area contributed by atoms with Crippen LogP contribution in [0, 0.1) is 5.92 Å². The van der Waals surface area contributed by atoms with Crippen molar-refractivity contribution in [3.63, 3.8) is 0 Å². The van der Waals surface area contributed by atoms with Gasteiger partial charge in [0.1, 0.15) is 11.5 Å². The number of imidazole rings is 1. The second kappa shape index (κ2) is 4.37. The Morgan fingerprint density at radius 2 is 2.41 bits per heavy atom. The first-order valence-corrected chi connectivity index (χ1v) is 6.13. The van der Waals surface area contributed by atoms with Gasteiger partial charge in [-0.25, -0.2) is 4.98 Å². The van der Waals surface area contributed by atoms with Gasteiger partial charge in [0, 0.05) is 19.4 Å². The number of hydrogen-bond donors (Lipinski definition) is 1. The van der Waals surface area contributed by atoms with E-state index in [1.165, 1.54) is 12.8 Å². The molecule has 1 atom stereocenters. The summed E-state index contributed by atoms with van der Waals surface area (Å²) < 4.78 is 7.44. The summed E-state index contributed by atoms with van der Waals surface area (Å²) in [7, 11) is 0. The Labute approximate surface area is 100 Å². The van der Waals surface area contributed by atoms with Crippen molar-refractivity contribution in [2.75, 3.05) is 18.9 Å². The average Bonchev–Trinajstić information content (AvgIpc) is 2.74. The van der Waals surface area contributed by atoms with Gasteiger partial charge in [-0.05, 0) is 37.3 Å². The van der Waals surface area contributed by atoms with Crippen LogP contribution in [0.25, 0.3) is 5.65 Å². The minimum atomic E-state index is 0.606. The molecule has 0 aromatic carbocycles. The van der Waals surface area contributed by atoms with Crippen LogP contribution in [0.15, 0.2) is 24.4 Å². The first kappa shape index (κ1) is 10.6. The van der Waals surface area contributed by atoms with Crippen molar-refractivity contribution in [1.82, 2.24) is 9.38 Å². The van der Waals surface area contributed by atoms with Gasteiger partial charge in [0.05, 0.1) is 5.69 Å². The first-order valence-electron chi connectivity index (χ1n) is 6.13. The topological polar surface area (TPSA) is 52.5 Å². The van der Waals surface area contributed by atoms with Gasteiger partial charge in [-0.15, -0.1) is 0 Å². The van der Waals surface area contributed by atoms with Crippen molar-refractivity contribution in [3.05, 3.63) is 30.1 Å². The number of pyridine rings is 1. The van der Waals surface area contributed by atoms with E-state index < -0.39 is 0 Å². The zero-order valence-electron chi connectivity index (χ0n) is 9.80. The van der Waals surface area contributed by atoms with Crippen LogP contribution in [0.2, 0.25) is 0 Å². The van der Waals surface area contributed by atoms with Gasteiger partial charge in [-0.2, -0.15) is 0 Å². The Hall–Kier alpha value is -1.55. The minimum Gasteiger partial charge on any atom is -0.385 e. The van der Waals surface area contributed by atoms with Gasteiger partial charge in [0.15, 0.2) is 0 Å². The second-order valence-electron chi connectivity index (χ2n) is 4.70. The maximum absolute atomic E-state index is 5.90. The van der Waals surface area contributed by atoms with Crippen molar-refractivity contribution in [1.29, 1.82) is 0 Å². The maximum atomic E-state index is 5.90. The third-order valence-corrected chi connectivity index (χ3v) is 3.33. The number of nitrogen functional groups attached to an aromatic ring is 1. The van der Waals surface area contributed by atoms with Crippen molar-refractivity contribution in [2.24, 2.45) is 5.92 Å². The molecule has 1 saturated heterocycles. The maximum Gasteiger partial charge on any atom is 0.138 e. The summed E-state index contributed by atoms with van der Waals surface area (Å²) >= 11 is 0. The van der Waals surface area contributed by atoms with Gasteiger partial charge >= 0.3 is 0 Å². The van der Waals surface area contributed by atoms with Crippen LogP contribution in [0.5, 0.6) is 0 Å². The van der Waals surface area contributed by atoms with Crippen molar-refractivity contribution < 1.29 is 4.74 Å². The van der Waals surface area contributed by atoms with E-state index in [2.05, 4.69) is 4.98 Å². The molecule has 3 heterocycles. The fourth-order valence-electron chi connectivity index (χ4n) is 2.44. The zero-order chi connectivity index (χ0) is 11.7. The van der Waals surface area contributed by atoms with Crippen LogP contribution >= 0.6 is 0 Å². The number of fused-ring (bicyclic) bond motifs is 1. The molecule has 0 radical (unpaired) electrons. The number of anilines is 1. The predicted molar refractivity (Wildman–Crippen MR) is 66.9 cm³/mol. The quantitative estimate of drug-likeness (QED) is 0.858. The molecular weight excluding hydrogens is 214 g/mol. The normalized spacial score (nSPS) is 20.8. The highest BCUT2D eigenvalue weighted by Gasteiger charge is 2.16. The Bertz CT molecular complexity index is 514. The second-order valence-corrected chi connectivity index (χ2v) is 4.70. The molecule has 2 N–H and O–H groups in total. The van der Waals surface area contributed by atoms with E-state index in [0.717, 1.165) is 36.8 Å². The third-order valence-electron chi connectivity index (χ3n) is 3.33. The van der Waals surface area contributed by atoms with Gasteiger partial charge in [0.2, 0.25) is 0 Å². The average molecular weight is 231 g/mol. The number of rotatable bonds is 2. The van der Waals surface area contributed by atoms with Gasteiger partial charge < -0.3 is 10.5 Å².